The highest BCUT2D eigenvalue weighted by molar-refractivity contribution is 7.10. The van der Waals surface area contributed by atoms with Crippen LogP contribution in [0.15, 0.2) is 72.5 Å². The molecule has 5 heteroatoms. The highest BCUT2D eigenvalue weighted by atomic mass is 32.1. The molecular weight excluding hydrogens is 342 g/mol. The zero-order valence-corrected chi connectivity index (χ0v) is 14.6. The molecule has 0 aliphatic rings. The summed E-state index contributed by atoms with van der Waals surface area (Å²) in [5, 5.41) is 12.4. The Morgan fingerprint density at radius 2 is 1.88 bits per heavy atom. The molecule has 0 bridgehead atoms. The predicted octanol–water partition coefficient (Wildman–Crippen LogP) is 4.77. The minimum atomic E-state index is 0.0805. The Morgan fingerprint density at radius 3 is 2.77 bits per heavy atom. The number of rotatable bonds is 3. The summed E-state index contributed by atoms with van der Waals surface area (Å²) in [6.45, 7) is 0.0805. The van der Waals surface area contributed by atoms with E-state index in [2.05, 4.69) is 34.8 Å². The number of hydrogen-bond donors (Lipinski definition) is 1. The van der Waals surface area contributed by atoms with E-state index >= 15 is 0 Å². The normalized spacial score (nSPS) is 11.4. The number of imidazole rings is 1. The number of aliphatic hydroxyl groups excluding tert-OH is 1. The lowest BCUT2D eigenvalue weighted by atomic mass is 10.1. The molecule has 4 nitrogen and oxygen atoms in total. The summed E-state index contributed by atoms with van der Waals surface area (Å²) in [5.41, 5.74) is 6.01. The van der Waals surface area contributed by atoms with Crippen molar-refractivity contribution >= 4 is 27.9 Å². The van der Waals surface area contributed by atoms with Crippen LogP contribution in [0.3, 0.4) is 0 Å². The van der Waals surface area contributed by atoms with Gasteiger partial charge in [-0.05, 0) is 46.8 Å². The van der Waals surface area contributed by atoms with Crippen LogP contribution in [0, 0.1) is 0 Å². The Kier molecular flexibility index (Phi) is 3.55. The zero-order valence-electron chi connectivity index (χ0n) is 13.8. The van der Waals surface area contributed by atoms with E-state index in [-0.39, 0.29) is 6.61 Å². The van der Waals surface area contributed by atoms with E-state index in [4.69, 9.17) is 4.98 Å². The summed E-state index contributed by atoms with van der Waals surface area (Å²) < 4.78 is 2.04. The molecule has 0 aliphatic heterocycles. The Labute approximate surface area is 154 Å². The average molecular weight is 357 g/mol. The molecule has 0 aliphatic carbocycles. The van der Waals surface area contributed by atoms with Gasteiger partial charge in [0, 0.05) is 34.4 Å². The highest BCUT2D eigenvalue weighted by Gasteiger charge is 2.08. The molecule has 1 N–H and O–H groups in total. The van der Waals surface area contributed by atoms with Gasteiger partial charge in [-0.2, -0.15) is 0 Å². The molecule has 4 aromatic heterocycles. The van der Waals surface area contributed by atoms with Crippen molar-refractivity contribution < 1.29 is 5.11 Å². The average Bonchev–Trinajstić information content (AvgIpc) is 3.33. The quantitative estimate of drug-likeness (QED) is 0.506. The van der Waals surface area contributed by atoms with Crippen molar-refractivity contribution in [3.63, 3.8) is 0 Å². The molecule has 126 valence electrons. The Balaban J connectivity index is 1.58. The fourth-order valence-electron chi connectivity index (χ4n) is 3.13. The van der Waals surface area contributed by atoms with Crippen LogP contribution in [0.5, 0.6) is 0 Å². The lowest BCUT2D eigenvalue weighted by Gasteiger charge is -1.99. The van der Waals surface area contributed by atoms with Gasteiger partial charge in [0.15, 0.2) is 0 Å². The van der Waals surface area contributed by atoms with Crippen LogP contribution < -0.4 is 0 Å². The number of pyridine rings is 2. The maximum Gasteiger partial charge on any atom is 0.137 e. The van der Waals surface area contributed by atoms with E-state index in [0.717, 1.165) is 43.8 Å². The van der Waals surface area contributed by atoms with Gasteiger partial charge >= 0.3 is 0 Å². The van der Waals surface area contributed by atoms with Gasteiger partial charge in [-0.15, -0.1) is 11.3 Å². The molecule has 0 atom stereocenters. The SMILES string of the molecule is OCc1cc(-c2ccc3nc(-c4cnc5ccccc5c4)cn3c2)cs1. The molecule has 0 spiro atoms. The third kappa shape index (κ3) is 2.58. The van der Waals surface area contributed by atoms with Crippen molar-refractivity contribution in [2.45, 2.75) is 6.61 Å². The number of benzene rings is 1. The van der Waals surface area contributed by atoms with Crippen LogP contribution in [-0.4, -0.2) is 19.5 Å². The topological polar surface area (TPSA) is 50.4 Å². The third-order valence-corrected chi connectivity index (χ3v) is 5.40. The van der Waals surface area contributed by atoms with Crippen LogP contribution in [0.1, 0.15) is 4.88 Å². The first-order valence-corrected chi connectivity index (χ1v) is 9.21. The molecular formula is C21H15N3OS. The highest BCUT2D eigenvalue weighted by Crippen LogP contribution is 2.28. The second kappa shape index (κ2) is 6.05. The molecule has 0 radical (unpaired) electrons. The van der Waals surface area contributed by atoms with E-state index in [1.165, 1.54) is 0 Å². The molecule has 0 saturated carbocycles. The van der Waals surface area contributed by atoms with E-state index in [9.17, 15) is 5.11 Å². The molecule has 5 rings (SSSR count). The maximum absolute atomic E-state index is 9.26. The van der Waals surface area contributed by atoms with Gasteiger partial charge in [-0.1, -0.05) is 18.2 Å². The summed E-state index contributed by atoms with van der Waals surface area (Å²) in [5.74, 6) is 0. The van der Waals surface area contributed by atoms with E-state index in [0.29, 0.717) is 0 Å². The maximum atomic E-state index is 9.26. The second-order valence-electron chi connectivity index (χ2n) is 6.19. The first kappa shape index (κ1) is 15.3. The monoisotopic (exact) mass is 357 g/mol. The van der Waals surface area contributed by atoms with Crippen LogP contribution >= 0.6 is 11.3 Å². The first-order chi connectivity index (χ1) is 12.8. The number of hydrogen-bond acceptors (Lipinski definition) is 4. The lowest BCUT2D eigenvalue weighted by Crippen LogP contribution is -1.84. The fraction of sp³-hybridized carbons (Fsp3) is 0.0476. The molecule has 0 saturated heterocycles. The van der Waals surface area contributed by atoms with E-state index < -0.39 is 0 Å². The summed E-state index contributed by atoms with van der Waals surface area (Å²) >= 11 is 1.57. The number of aliphatic hydroxyl groups is 1. The van der Waals surface area contributed by atoms with E-state index in [1.807, 2.05) is 47.1 Å². The molecule has 4 heterocycles. The molecule has 0 fully saturated rings. The van der Waals surface area contributed by atoms with Crippen molar-refractivity contribution in [3.05, 3.63) is 77.4 Å². The Morgan fingerprint density at radius 1 is 0.962 bits per heavy atom. The van der Waals surface area contributed by atoms with Crippen molar-refractivity contribution in [3.8, 4) is 22.4 Å². The van der Waals surface area contributed by atoms with Gasteiger partial charge in [-0.25, -0.2) is 4.98 Å². The zero-order chi connectivity index (χ0) is 17.5. The molecule has 26 heavy (non-hydrogen) atoms. The number of nitrogens with zero attached hydrogens (tertiary/aromatic N) is 3. The largest absolute Gasteiger partial charge is 0.391 e. The second-order valence-corrected chi connectivity index (χ2v) is 7.18. The van der Waals surface area contributed by atoms with Crippen LogP contribution in [-0.2, 0) is 6.61 Å². The van der Waals surface area contributed by atoms with Gasteiger partial charge in [0.2, 0.25) is 0 Å². The number of aromatic nitrogens is 3. The minimum Gasteiger partial charge on any atom is -0.391 e. The van der Waals surface area contributed by atoms with Gasteiger partial charge in [0.05, 0.1) is 17.8 Å². The van der Waals surface area contributed by atoms with Gasteiger partial charge in [0.1, 0.15) is 5.65 Å². The number of para-hydroxylation sites is 1. The predicted molar refractivity (Wildman–Crippen MR) is 105 cm³/mol. The third-order valence-electron chi connectivity index (χ3n) is 4.48. The first-order valence-electron chi connectivity index (χ1n) is 8.33. The fourth-order valence-corrected chi connectivity index (χ4v) is 3.88. The van der Waals surface area contributed by atoms with E-state index in [1.54, 1.807) is 11.3 Å². The minimum absolute atomic E-state index is 0.0805. The van der Waals surface area contributed by atoms with Crippen LogP contribution in [0.4, 0.5) is 0 Å². The Bertz CT molecular complexity index is 1240. The summed E-state index contributed by atoms with van der Waals surface area (Å²) in [6, 6.07) is 16.3. The van der Waals surface area contributed by atoms with Gasteiger partial charge < -0.3 is 9.51 Å². The molecule has 1 aromatic carbocycles. The van der Waals surface area contributed by atoms with Crippen LogP contribution in [0.2, 0.25) is 0 Å². The smallest absolute Gasteiger partial charge is 0.137 e. The summed E-state index contributed by atoms with van der Waals surface area (Å²) in [4.78, 5) is 10.2. The summed E-state index contributed by atoms with van der Waals surface area (Å²) in [7, 11) is 0. The van der Waals surface area contributed by atoms with Gasteiger partial charge in [-0.3, -0.25) is 4.98 Å². The standard InChI is InChI=1S/C21H15N3OS/c25-12-18-8-17(13-26-18)15-5-6-21-23-20(11-24(21)10-15)16-7-14-3-1-2-4-19(14)22-9-16/h1-11,13,25H,12H2. The lowest BCUT2D eigenvalue weighted by molar-refractivity contribution is 0.285. The van der Waals surface area contributed by atoms with Gasteiger partial charge in [0.25, 0.3) is 0 Å². The molecule has 5 aromatic rings. The number of thiophene rings is 1. The molecule has 0 unspecified atom stereocenters. The van der Waals surface area contributed by atoms with Crippen molar-refractivity contribution in [2.75, 3.05) is 0 Å². The van der Waals surface area contributed by atoms with Crippen molar-refractivity contribution in [1.82, 2.24) is 14.4 Å². The Hall–Kier alpha value is -3.02. The summed E-state index contributed by atoms with van der Waals surface area (Å²) in [6.07, 6.45) is 5.98. The van der Waals surface area contributed by atoms with Crippen molar-refractivity contribution in [1.29, 1.82) is 0 Å². The number of fused-ring (bicyclic) bond motifs is 2. The molecule has 0 amide bonds. The van der Waals surface area contributed by atoms with Crippen molar-refractivity contribution in [2.24, 2.45) is 0 Å². The van der Waals surface area contributed by atoms with Crippen LogP contribution in [0.25, 0.3) is 38.9 Å².